The fourth-order valence-electron chi connectivity index (χ4n) is 4.35. The van der Waals surface area contributed by atoms with E-state index in [4.69, 9.17) is 9.73 Å². The van der Waals surface area contributed by atoms with Crippen molar-refractivity contribution in [1.82, 2.24) is 15.5 Å². The Morgan fingerprint density at radius 3 is 2.86 bits per heavy atom. The summed E-state index contributed by atoms with van der Waals surface area (Å²) in [4.78, 5) is 7.56. The van der Waals surface area contributed by atoms with Crippen LogP contribution in [0.2, 0.25) is 0 Å². The maximum atomic E-state index is 6.17. The molecule has 0 spiro atoms. The third-order valence-corrected chi connectivity index (χ3v) is 5.82. The van der Waals surface area contributed by atoms with Gasteiger partial charge in [-0.1, -0.05) is 18.2 Å². The summed E-state index contributed by atoms with van der Waals surface area (Å²) in [6.07, 6.45) is 3.47. The number of piperidine rings is 1. The summed E-state index contributed by atoms with van der Waals surface area (Å²) in [5.41, 5.74) is 1.03. The zero-order valence-corrected chi connectivity index (χ0v) is 18.3. The number of hydrogen-bond acceptors (Lipinski definition) is 3. The highest BCUT2D eigenvalue weighted by Crippen LogP contribution is 2.39. The number of aliphatic imine (C=N–C) groups is 1. The second-order valence-corrected chi connectivity index (χ2v) is 9.12. The first-order valence-electron chi connectivity index (χ1n) is 10.9. The molecule has 1 aromatic carbocycles. The summed E-state index contributed by atoms with van der Waals surface area (Å²) in [6.45, 7) is 15.2. The van der Waals surface area contributed by atoms with Crippen LogP contribution < -0.4 is 15.4 Å². The molecule has 2 unspecified atom stereocenters. The number of fused-ring (bicyclic) bond motifs is 1. The SMILES string of the molecule is CCNC(=NCC1CCCN(C(C)C)C1)NC1CC(C)(C)Oc2ccccc21. The van der Waals surface area contributed by atoms with Gasteiger partial charge >= 0.3 is 0 Å². The summed E-state index contributed by atoms with van der Waals surface area (Å²) in [5.74, 6) is 2.54. The van der Waals surface area contributed by atoms with Gasteiger partial charge in [0.05, 0.1) is 6.04 Å². The predicted octanol–water partition coefficient (Wildman–Crippen LogP) is 3.96. The molecule has 2 N–H and O–H groups in total. The van der Waals surface area contributed by atoms with Crippen LogP contribution in [-0.4, -0.2) is 48.7 Å². The van der Waals surface area contributed by atoms with Crippen LogP contribution in [0.15, 0.2) is 29.3 Å². The van der Waals surface area contributed by atoms with Crippen LogP contribution in [0.4, 0.5) is 0 Å². The van der Waals surface area contributed by atoms with Gasteiger partial charge < -0.3 is 20.3 Å². The van der Waals surface area contributed by atoms with Crippen molar-refractivity contribution in [2.24, 2.45) is 10.9 Å². The van der Waals surface area contributed by atoms with E-state index < -0.39 is 0 Å². The number of ether oxygens (including phenoxy) is 1. The number of rotatable bonds is 5. The maximum absolute atomic E-state index is 6.17. The molecule has 156 valence electrons. The van der Waals surface area contributed by atoms with Gasteiger partial charge in [0.1, 0.15) is 11.4 Å². The Balaban J connectivity index is 1.69. The minimum Gasteiger partial charge on any atom is -0.487 e. The van der Waals surface area contributed by atoms with Crippen molar-refractivity contribution in [3.05, 3.63) is 29.8 Å². The number of guanidine groups is 1. The Hall–Kier alpha value is -1.75. The lowest BCUT2D eigenvalue weighted by Crippen LogP contribution is -2.46. The summed E-state index contributed by atoms with van der Waals surface area (Å²) in [7, 11) is 0. The minimum absolute atomic E-state index is 0.190. The zero-order chi connectivity index (χ0) is 20.1. The van der Waals surface area contributed by atoms with Crippen molar-refractivity contribution < 1.29 is 4.74 Å². The molecule has 28 heavy (non-hydrogen) atoms. The molecule has 5 nitrogen and oxygen atoms in total. The first-order valence-corrected chi connectivity index (χ1v) is 10.9. The number of likely N-dealkylation sites (tertiary alicyclic amines) is 1. The second kappa shape index (κ2) is 9.17. The number of benzene rings is 1. The lowest BCUT2D eigenvalue weighted by Gasteiger charge is -2.38. The van der Waals surface area contributed by atoms with Crippen LogP contribution >= 0.6 is 0 Å². The van der Waals surface area contributed by atoms with Crippen LogP contribution in [0.25, 0.3) is 0 Å². The summed E-state index contributed by atoms with van der Waals surface area (Å²) >= 11 is 0. The molecule has 0 amide bonds. The van der Waals surface area contributed by atoms with Crippen molar-refractivity contribution in [2.45, 2.75) is 71.6 Å². The van der Waals surface area contributed by atoms with E-state index in [1.807, 2.05) is 6.07 Å². The molecule has 0 aliphatic carbocycles. The van der Waals surface area contributed by atoms with Gasteiger partial charge in [-0.05, 0) is 66.0 Å². The van der Waals surface area contributed by atoms with Crippen LogP contribution in [0.1, 0.15) is 65.5 Å². The van der Waals surface area contributed by atoms with Crippen molar-refractivity contribution in [3.63, 3.8) is 0 Å². The molecule has 2 atom stereocenters. The second-order valence-electron chi connectivity index (χ2n) is 9.12. The monoisotopic (exact) mass is 386 g/mol. The van der Waals surface area contributed by atoms with Gasteiger partial charge in [-0.25, -0.2) is 0 Å². The van der Waals surface area contributed by atoms with Gasteiger partial charge in [0.15, 0.2) is 5.96 Å². The van der Waals surface area contributed by atoms with E-state index in [-0.39, 0.29) is 11.6 Å². The van der Waals surface area contributed by atoms with E-state index in [9.17, 15) is 0 Å². The fourth-order valence-corrected chi connectivity index (χ4v) is 4.35. The first kappa shape index (κ1) is 21.0. The lowest BCUT2D eigenvalue weighted by molar-refractivity contribution is 0.0694. The van der Waals surface area contributed by atoms with Gasteiger partial charge in [0, 0.05) is 37.7 Å². The summed E-state index contributed by atoms with van der Waals surface area (Å²) < 4.78 is 6.17. The molecule has 5 heteroatoms. The highest BCUT2D eigenvalue weighted by Gasteiger charge is 2.34. The number of nitrogens with zero attached hydrogens (tertiary/aromatic N) is 2. The molecule has 1 aromatic rings. The lowest BCUT2D eigenvalue weighted by atomic mass is 9.90. The fraction of sp³-hybridized carbons (Fsp3) is 0.696. The van der Waals surface area contributed by atoms with Gasteiger partial charge in [-0.2, -0.15) is 0 Å². The van der Waals surface area contributed by atoms with Gasteiger partial charge in [0.25, 0.3) is 0 Å². The minimum atomic E-state index is -0.190. The normalized spacial score (nSPS) is 25.1. The number of para-hydroxylation sites is 1. The standard InChI is InChI=1S/C23H38N4O/c1-6-24-22(25-15-18-10-9-13-27(16-18)17(2)3)26-20-14-23(4,5)28-21-12-8-7-11-19(20)21/h7-8,11-12,17-18,20H,6,9-10,13-16H2,1-5H3,(H2,24,25,26). The van der Waals surface area contributed by atoms with Gasteiger partial charge in [0.2, 0.25) is 0 Å². The van der Waals surface area contributed by atoms with Crippen LogP contribution in [0.3, 0.4) is 0 Å². The zero-order valence-electron chi connectivity index (χ0n) is 18.3. The Morgan fingerprint density at radius 2 is 2.11 bits per heavy atom. The van der Waals surface area contributed by atoms with Crippen LogP contribution in [-0.2, 0) is 0 Å². The molecule has 1 saturated heterocycles. The van der Waals surface area contributed by atoms with Crippen molar-refractivity contribution in [2.75, 3.05) is 26.2 Å². The van der Waals surface area contributed by atoms with E-state index >= 15 is 0 Å². The van der Waals surface area contributed by atoms with E-state index in [1.165, 1.54) is 24.9 Å². The van der Waals surface area contributed by atoms with E-state index in [0.717, 1.165) is 37.8 Å². The average Bonchev–Trinajstić information content (AvgIpc) is 2.65. The molecule has 0 radical (unpaired) electrons. The number of nitrogens with one attached hydrogen (secondary N) is 2. The Bertz CT molecular complexity index is 670. The van der Waals surface area contributed by atoms with Crippen LogP contribution in [0, 0.1) is 5.92 Å². The number of hydrogen-bond donors (Lipinski definition) is 2. The van der Waals surface area contributed by atoms with Crippen molar-refractivity contribution in [1.29, 1.82) is 0 Å². The Labute approximate surface area is 170 Å². The molecule has 0 bridgehead atoms. The van der Waals surface area contributed by atoms with E-state index in [2.05, 4.69) is 68.4 Å². The molecule has 2 aliphatic heterocycles. The molecule has 2 heterocycles. The molecular formula is C23H38N4O. The maximum Gasteiger partial charge on any atom is 0.191 e. The molecular weight excluding hydrogens is 348 g/mol. The van der Waals surface area contributed by atoms with E-state index in [1.54, 1.807) is 0 Å². The quantitative estimate of drug-likeness (QED) is 0.594. The predicted molar refractivity (Wildman–Crippen MR) is 117 cm³/mol. The smallest absolute Gasteiger partial charge is 0.191 e. The molecule has 0 saturated carbocycles. The van der Waals surface area contributed by atoms with Crippen molar-refractivity contribution >= 4 is 5.96 Å². The topological polar surface area (TPSA) is 48.9 Å². The highest BCUT2D eigenvalue weighted by atomic mass is 16.5. The van der Waals surface area contributed by atoms with Gasteiger partial charge in [-0.15, -0.1) is 0 Å². The van der Waals surface area contributed by atoms with Gasteiger partial charge in [-0.3, -0.25) is 4.99 Å². The molecule has 1 fully saturated rings. The average molecular weight is 387 g/mol. The summed E-state index contributed by atoms with van der Waals surface area (Å²) in [5, 5.41) is 7.13. The van der Waals surface area contributed by atoms with E-state index in [0.29, 0.717) is 12.0 Å². The summed E-state index contributed by atoms with van der Waals surface area (Å²) in [6, 6.07) is 9.18. The van der Waals surface area contributed by atoms with Crippen molar-refractivity contribution in [3.8, 4) is 5.75 Å². The molecule has 2 aliphatic rings. The highest BCUT2D eigenvalue weighted by molar-refractivity contribution is 5.80. The first-order chi connectivity index (χ1) is 13.4. The Kier molecular flexibility index (Phi) is 6.86. The molecule has 3 rings (SSSR count). The van der Waals surface area contributed by atoms with Crippen LogP contribution in [0.5, 0.6) is 5.75 Å². The largest absolute Gasteiger partial charge is 0.487 e. The molecule has 0 aromatic heterocycles. The third kappa shape index (κ3) is 5.40. The third-order valence-electron chi connectivity index (χ3n) is 5.82. The Morgan fingerprint density at radius 1 is 1.32 bits per heavy atom.